The van der Waals surface area contributed by atoms with Crippen molar-refractivity contribution in [2.45, 2.75) is 38.1 Å². The second-order valence-corrected chi connectivity index (χ2v) is 6.68. The molecule has 1 aromatic carbocycles. The number of carbonyl (C=O) groups excluding carboxylic acids is 1. The third-order valence-corrected chi connectivity index (χ3v) is 5.10. The number of carbonyl (C=O) groups is 1. The Kier molecular flexibility index (Phi) is 4.34. The molecule has 1 N–H and O–H groups in total. The molecule has 1 unspecified atom stereocenters. The molecule has 0 bridgehead atoms. The maximum atomic E-state index is 12.9. The Hall–Kier alpha value is -2.14. The maximum absolute atomic E-state index is 12.9. The number of nitrogens with one attached hydrogen (secondary N) is 1. The van der Waals surface area contributed by atoms with E-state index in [1.165, 1.54) is 30.4 Å². The molecule has 2 heterocycles. The van der Waals surface area contributed by atoms with Crippen molar-refractivity contribution in [1.29, 1.82) is 0 Å². The summed E-state index contributed by atoms with van der Waals surface area (Å²) in [5.41, 5.74) is 4.95. The number of nitrogens with zero attached hydrogens (tertiary/aromatic N) is 2. The van der Waals surface area contributed by atoms with Crippen LogP contribution in [0.1, 0.15) is 41.3 Å². The van der Waals surface area contributed by atoms with Crippen LogP contribution >= 0.6 is 0 Å². The number of morpholine rings is 1. The third-order valence-electron chi connectivity index (χ3n) is 5.10. The summed E-state index contributed by atoms with van der Waals surface area (Å²) in [5, 5.41) is 6.98. The van der Waals surface area contributed by atoms with Crippen molar-refractivity contribution >= 4 is 5.91 Å². The number of amides is 1. The molecule has 1 aliphatic carbocycles. The normalized spacial score (nSPS) is 20.7. The largest absolute Gasteiger partial charge is 0.377 e. The average Bonchev–Trinajstić information content (AvgIpc) is 3.16. The second kappa shape index (κ2) is 6.77. The minimum Gasteiger partial charge on any atom is -0.377 e. The van der Waals surface area contributed by atoms with Crippen molar-refractivity contribution < 1.29 is 9.53 Å². The van der Waals surface area contributed by atoms with E-state index in [4.69, 9.17) is 4.74 Å². The summed E-state index contributed by atoms with van der Waals surface area (Å²) in [6.45, 7) is 1.76. The number of aromatic nitrogens is 2. The molecule has 24 heavy (non-hydrogen) atoms. The van der Waals surface area contributed by atoms with E-state index in [1.807, 2.05) is 11.0 Å². The van der Waals surface area contributed by atoms with Gasteiger partial charge in [-0.1, -0.05) is 18.2 Å². The molecule has 4 rings (SSSR count). The molecule has 0 spiro atoms. The molecule has 1 fully saturated rings. The van der Waals surface area contributed by atoms with Gasteiger partial charge in [0.15, 0.2) is 0 Å². The first-order valence-corrected chi connectivity index (χ1v) is 8.78. The van der Waals surface area contributed by atoms with E-state index in [-0.39, 0.29) is 11.9 Å². The molecule has 126 valence electrons. The van der Waals surface area contributed by atoms with Crippen LogP contribution in [-0.2, 0) is 28.8 Å². The van der Waals surface area contributed by atoms with Gasteiger partial charge in [-0.05, 0) is 48.4 Å². The van der Waals surface area contributed by atoms with Crippen LogP contribution in [0.15, 0.2) is 30.5 Å². The Bertz CT molecular complexity index is 711. The van der Waals surface area contributed by atoms with Gasteiger partial charge in [-0.25, -0.2) is 0 Å². The van der Waals surface area contributed by atoms with E-state index >= 15 is 0 Å². The van der Waals surface area contributed by atoms with Crippen LogP contribution in [0.4, 0.5) is 0 Å². The lowest BCUT2D eigenvalue weighted by Gasteiger charge is -2.35. The highest BCUT2D eigenvalue weighted by molar-refractivity contribution is 5.79. The van der Waals surface area contributed by atoms with Crippen LogP contribution in [-0.4, -0.2) is 40.8 Å². The summed E-state index contributed by atoms with van der Waals surface area (Å²) in [5.74, 6) is 0.161. The Morgan fingerprint density at radius 2 is 2.12 bits per heavy atom. The van der Waals surface area contributed by atoms with Gasteiger partial charge in [-0.3, -0.25) is 9.89 Å². The lowest BCUT2D eigenvalue weighted by Crippen LogP contribution is -2.44. The smallest absolute Gasteiger partial charge is 0.227 e. The predicted molar refractivity (Wildman–Crippen MR) is 90.6 cm³/mol. The number of hydrogen-bond acceptors (Lipinski definition) is 3. The molecule has 2 aromatic rings. The molecule has 0 radical (unpaired) electrons. The summed E-state index contributed by atoms with van der Waals surface area (Å²) < 4.78 is 5.57. The van der Waals surface area contributed by atoms with Crippen molar-refractivity contribution in [2.75, 3.05) is 19.8 Å². The Balaban J connectivity index is 1.50. The number of hydrogen-bond donors (Lipinski definition) is 1. The van der Waals surface area contributed by atoms with Crippen molar-refractivity contribution in [3.63, 3.8) is 0 Å². The molecular weight excluding hydrogens is 302 g/mol. The summed E-state index contributed by atoms with van der Waals surface area (Å²) in [6, 6.07) is 8.42. The van der Waals surface area contributed by atoms with Gasteiger partial charge in [0, 0.05) is 12.7 Å². The first-order valence-electron chi connectivity index (χ1n) is 8.78. The Morgan fingerprint density at radius 1 is 1.25 bits per heavy atom. The fourth-order valence-corrected chi connectivity index (χ4v) is 3.78. The van der Waals surface area contributed by atoms with Crippen molar-refractivity contribution in [3.8, 4) is 0 Å². The monoisotopic (exact) mass is 325 g/mol. The standard InChI is InChI=1S/C19H23N3O2/c23-19(12-14-5-6-15-3-1-2-4-16(15)11-14)22-9-10-24-13-18(22)17-7-8-20-21-17/h5-8,11,18H,1-4,9-10,12-13H2,(H,20,21). The van der Waals surface area contributed by atoms with E-state index in [0.29, 0.717) is 26.2 Å². The predicted octanol–water partition coefficient (Wildman–Crippen LogP) is 2.43. The quantitative estimate of drug-likeness (QED) is 0.943. The van der Waals surface area contributed by atoms with Gasteiger partial charge >= 0.3 is 0 Å². The van der Waals surface area contributed by atoms with Gasteiger partial charge in [0.25, 0.3) is 0 Å². The SMILES string of the molecule is O=C(Cc1ccc2c(c1)CCCC2)N1CCOCC1c1ccn[nH]1. The summed E-state index contributed by atoms with van der Waals surface area (Å²) in [7, 11) is 0. The first-order chi connectivity index (χ1) is 11.8. The van der Waals surface area contributed by atoms with Crippen molar-refractivity contribution in [1.82, 2.24) is 15.1 Å². The van der Waals surface area contributed by atoms with Crippen LogP contribution in [0, 0.1) is 0 Å². The fraction of sp³-hybridized carbons (Fsp3) is 0.474. The average molecular weight is 325 g/mol. The van der Waals surface area contributed by atoms with Gasteiger partial charge in [-0.2, -0.15) is 5.10 Å². The number of ether oxygens (including phenoxy) is 1. The molecule has 1 amide bonds. The van der Waals surface area contributed by atoms with E-state index in [9.17, 15) is 4.79 Å². The molecule has 1 saturated heterocycles. The van der Waals surface area contributed by atoms with Crippen molar-refractivity contribution in [2.24, 2.45) is 0 Å². The summed E-state index contributed by atoms with van der Waals surface area (Å²) >= 11 is 0. The number of fused-ring (bicyclic) bond motifs is 1. The second-order valence-electron chi connectivity index (χ2n) is 6.68. The highest BCUT2D eigenvalue weighted by atomic mass is 16.5. The van der Waals surface area contributed by atoms with E-state index in [0.717, 1.165) is 17.7 Å². The van der Waals surface area contributed by atoms with Crippen LogP contribution in [0.2, 0.25) is 0 Å². The van der Waals surface area contributed by atoms with Gasteiger partial charge in [-0.15, -0.1) is 0 Å². The van der Waals surface area contributed by atoms with E-state index in [2.05, 4.69) is 28.4 Å². The summed E-state index contributed by atoms with van der Waals surface area (Å²) in [6.07, 6.45) is 7.04. The minimum absolute atomic E-state index is 0.0635. The molecule has 1 aliphatic heterocycles. The molecule has 5 heteroatoms. The maximum Gasteiger partial charge on any atom is 0.227 e. The van der Waals surface area contributed by atoms with Gasteiger partial charge < -0.3 is 9.64 Å². The molecule has 0 saturated carbocycles. The zero-order valence-electron chi connectivity index (χ0n) is 13.8. The molecule has 5 nitrogen and oxygen atoms in total. The van der Waals surface area contributed by atoms with Crippen LogP contribution < -0.4 is 0 Å². The highest BCUT2D eigenvalue weighted by Crippen LogP contribution is 2.25. The van der Waals surface area contributed by atoms with Crippen molar-refractivity contribution in [3.05, 3.63) is 52.8 Å². The van der Waals surface area contributed by atoms with Crippen LogP contribution in [0.25, 0.3) is 0 Å². The highest BCUT2D eigenvalue weighted by Gasteiger charge is 2.29. The number of aryl methyl sites for hydroxylation is 2. The number of H-pyrrole nitrogens is 1. The molecule has 2 aliphatic rings. The minimum atomic E-state index is -0.0635. The Morgan fingerprint density at radius 3 is 2.96 bits per heavy atom. The first kappa shape index (κ1) is 15.4. The third kappa shape index (κ3) is 3.08. The van der Waals surface area contributed by atoms with E-state index in [1.54, 1.807) is 6.20 Å². The van der Waals surface area contributed by atoms with Gasteiger partial charge in [0.1, 0.15) is 0 Å². The molecule has 1 atom stereocenters. The fourth-order valence-electron chi connectivity index (χ4n) is 3.78. The van der Waals surface area contributed by atoms with Crippen LogP contribution in [0.3, 0.4) is 0 Å². The Labute approximate surface area is 142 Å². The van der Waals surface area contributed by atoms with E-state index < -0.39 is 0 Å². The zero-order chi connectivity index (χ0) is 16.4. The van der Waals surface area contributed by atoms with Gasteiger partial charge in [0.05, 0.1) is 31.4 Å². The lowest BCUT2D eigenvalue weighted by molar-refractivity contribution is -0.139. The number of benzene rings is 1. The lowest BCUT2D eigenvalue weighted by atomic mass is 9.90. The summed E-state index contributed by atoms with van der Waals surface area (Å²) in [4.78, 5) is 14.8. The molecule has 1 aromatic heterocycles. The van der Waals surface area contributed by atoms with Gasteiger partial charge in [0.2, 0.25) is 5.91 Å². The molecular formula is C19H23N3O2. The topological polar surface area (TPSA) is 58.2 Å². The number of rotatable bonds is 3. The zero-order valence-corrected chi connectivity index (χ0v) is 13.8. The number of aromatic amines is 1. The van der Waals surface area contributed by atoms with Crippen LogP contribution in [0.5, 0.6) is 0 Å².